The predicted octanol–water partition coefficient (Wildman–Crippen LogP) is 1.10. The van der Waals surface area contributed by atoms with Crippen molar-refractivity contribution in [2.45, 2.75) is 0 Å². The van der Waals surface area contributed by atoms with Gasteiger partial charge in [0.2, 0.25) is 0 Å². The van der Waals surface area contributed by atoms with Crippen LogP contribution in [0.1, 0.15) is 0 Å². The van der Waals surface area contributed by atoms with E-state index in [1.54, 1.807) is 6.33 Å². The smallest absolute Gasteiger partial charge is 0.142 e. The summed E-state index contributed by atoms with van der Waals surface area (Å²) >= 11 is 0. The van der Waals surface area contributed by atoms with Crippen LogP contribution in [0.4, 0.5) is 5.82 Å². The Kier molecular flexibility index (Phi) is 2.82. The first-order chi connectivity index (χ1) is 10.3. The first-order valence-electron chi connectivity index (χ1n) is 7.36. The zero-order valence-electron chi connectivity index (χ0n) is 12.0. The summed E-state index contributed by atoms with van der Waals surface area (Å²) in [7, 11) is 2.11. The molecule has 0 radical (unpaired) electrons. The number of likely N-dealkylation sites (tertiary alicyclic amines) is 1. The number of nitrogens with one attached hydrogen (secondary N) is 1. The number of aromatic nitrogens is 3. The molecule has 0 bridgehead atoms. The van der Waals surface area contributed by atoms with Crippen molar-refractivity contribution in [2.75, 3.05) is 38.1 Å². The molecule has 108 valence electrons. The van der Waals surface area contributed by atoms with Gasteiger partial charge in [-0.2, -0.15) is 5.26 Å². The van der Waals surface area contributed by atoms with Crippen molar-refractivity contribution in [1.29, 1.82) is 5.26 Å². The van der Waals surface area contributed by atoms with Gasteiger partial charge in [0.15, 0.2) is 0 Å². The minimum atomic E-state index is 0.575. The number of aromatic amines is 1. The molecule has 1 saturated carbocycles. The van der Waals surface area contributed by atoms with Crippen LogP contribution in [0, 0.1) is 29.1 Å². The summed E-state index contributed by atoms with van der Waals surface area (Å²) in [6.07, 6.45) is 3.52. The second-order valence-electron chi connectivity index (χ2n) is 6.16. The molecule has 1 aliphatic carbocycles. The zero-order valence-corrected chi connectivity index (χ0v) is 12.0. The van der Waals surface area contributed by atoms with Gasteiger partial charge in [-0.1, -0.05) is 0 Å². The van der Waals surface area contributed by atoms with Gasteiger partial charge in [0, 0.05) is 32.9 Å². The van der Waals surface area contributed by atoms with Gasteiger partial charge in [-0.25, -0.2) is 9.97 Å². The molecule has 1 N–H and O–H groups in total. The van der Waals surface area contributed by atoms with Gasteiger partial charge in [-0.3, -0.25) is 4.90 Å². The summed E-state index contributed by atoms with van der Waals surface area (Å²) in [5.74, 6) is 3.28. The summed E-state index contributed by atoms with van der Waals surface area (Å²) < 4.78 is 0. The molecule has 1 aliphatic heterocycles. The molecule has 0 amide bonds. The maximum absolute atomic E-state index is 8.75. The SMILES string of the molecule is CN(CC1[C@H]2CN(CC#N)C[C@@H]12)c1ncnc2[nH]ccc12. The van der Waals surface area contributed by atoms with Gasteiger partial charge in [0.25, 0.3) is 0 Å². The highest BCUT2D eigenvalue weighted by Gasteiger charge is 2.55. The number of nitrogens with zero attached hydrogens (tertiary/aromatic N) is 5. The standard InChI is InChI=1S/C15H18N6/c1-20(15-10-2-4-17-14(10)18-9-19-15)6-11-12-7-21(5-3-16)8-13(11)12/h2,4,9,11-13H,5-8H2,1H3,(H,17,18,19)/t11?,12-,13+. The highest BCUT2D eigenvalue weighted by atomic mass is 15.2. The summed E-state index contributed by atoms with van der Waals surface area (Å²) in [4.78, 5) is 16.3. The lowest BCUT2D eigenvalue weighted by Crippen LogP contribution is -2.29. The number of hydrogen-bond donors (Lipinski definition) is 1. The van der Waals surface area contributed by atoms with E-state index in [0.717, 1.165) is 54.2 Å². The fraction of sp³-hybridized carbons (Fsp3) is 0.533. The summed E-state index contributed by atoms with van der Waals surface area (Å²) in [5, 5.41) is 9.83. The summed E-state index contributed by atoms with van der Waals surface area (Å²) in [5.41, 5.74) is 0.892. The van der Waals surface area contributed by atoms with Crippen LogP contribution in [0.2, 0.25) is 0 Å². The van der Waals surface area contributed by atoms with E-state index in [1.807, 2.05) is 12.3 Å². The van der Waals surface area contributed by atoms with E-state index in [4.69, 9.17) is 5.26 Å². The quantitative estimate of drug-likeness (QED) is 0.850. The molecule has 1 saturated heterocycles. The molecular formula is C15H18N6. The number of hydrogen-bond acceptors (Lipinski definition) is 5. The molecule has 3 heterocycles. The Labute approximate surface area is 123 Å². The van der Waals surface area contributed by atoms with Crippen molar-refractivity contribution in [3.8, 4) is 6.07 Å². The average molecular weight is 282 g/mol. The highest BCUT2D eigenvalue weighted by Crippen LogP contribution is 2.52. The number of rotatable bonds is 4. The molecule has 2 fully saturated rings. The second-order valence-corrected chi connectivity index (χ2v) is 6.16. The largest absolute Gasteiger partial charge is 0.359 e. The molecule has 0 spiro atoms. The van der Waals surface area contributed by atoms with Gasteiger partial charge in [-0.15, -0.1) is 0 Å². The molecule has 2 aromatic heterocycles. The summed E-state index contributed by atoms with van der Waals surface area (Å²) in [6.45, 7) is 3.78. The molecular weight excluding hydrogens is 264 g/mol. The number of H-pyrrole nitrogens is 1. The fourth-order valence-corrected chi connectivity index (χ4v) is 3.80. The van der Waals surface area contributed by atoms with E-state index < -0.39 is 0 Å². The molecule has 21 heavy (non-hydrogen) atoms. The normalized spacial score (nSPS) is 27.5. The van der Waals surface area contributed by atoms with Crippen molar-refractivity contribution in [1.82, 2.24) is 19.9 Å². The lowest BCUT2D eigenvalue weighted by atomic mass is 10.2. The zero-order chi connectivity index (χ0) is 14.4. The third kappa shape index (κ3) is 2.05. The van der Waals surface area contributed by atoms with Crippen LogP contribution in [0.15, 0.2) is 18.6 Å². The van der Waals surface area contributed by atoms with E-state index in [2.05, 4.69) is 37.9 Å². The van der Waals surface area contributed by atoms with Crippen molar-refractivity contribution >= 4 is 16.9 Å². The second kappa shape index (κ2) is 4.71. The van der Waals surface area contributed by atoms with Crippen molar-refractivity contribution in [3.63, 3.8) is 0 Å². The Morgan fingerprint density at radius 3 is 3.00 bits per heavy atom. The monoisotopic (exact) mass is 282 g/mol. The Hall–Kier alpha value is -2.13. The van der Waals surface area contributed by atoms with Crippen molar-refractivity contribution < 1.29 is 0 Å². The average Bonchev–Trinajstić information content (AvgIpc) is 2.90. The maximum atomic E-state index is 8.75. The van der Waals surface area contributed by atoms with Gasteiger partial charge in [0.05, 0.1) is 18.0 Å². The fourth-order valence-electron chi connectivity index (χ4n) is 3.80. The van der Waals surface area contributed by atoms with E-state index in [0.29, 0.717) is 6.54 Å². The van der Waals surface area contributed by atoms with Crippen molar-refractivity contribution in [2.24, 2.45) is 17.8 Å². The van der Waals surface area contributed by atoms with Gasteiger partial charge < -0.3 is 9.88 Å². The van der Waals surface area contributed by atoms with E-state index in [9.17, 15) is 0 Å². The Bertz CT molecular complexity index is 689. The van der Waals surface area contributed by atoms with Crippen LogP contribution in [-0.2, 0) is 0 Å². The number of nitriles is 1. The minimum absolute atomic E-state index is 0.575. The van der Waals surface area contributed by atoms with Crippen LogP contribution < -0.4 is 4.90 Å². The molecule has 6 heteroatoms. The van der Waals surface area contributed by atoms with Crippen molar-refractivity contribution in [3.05, 3.63) is 18.6 Å². The Balaban J connectivity index is 1.43. The Morgan fingerprint density at radius 2 is 2.24 bits per heavy atom. The van der Waals surface area contributed by atoms with E-state index >= 15 is 0 Å². The van der Waals surface area contributed by atoms with Crippen LogP contribution in [0.3, 0.4) is 0 Å². The van der Waals surface area contributed by atoms with Crippen LogP contribution in [0.25, 0.3) is 11.0 Å². The molecule has 0 aromatic carbocycles. The van der Waals surface area contributed by atoms with Gasteiger partial charge in [-0.05, 0) is 23.8 Å². The lowest BCUT2D eigenvalue weighted by Gasteiger charge is -2.21. The summed E-state index contributed by atoms with van der Waals surface area (Å²) in [6, 6.07) is 4.28. The third-order valence-electron chi connectivity index (χ3n) is 4.92. The van der Waals surface area contributed by atoms with Gasteiger partial charge in [0.1, 0.15) is 17.8 Å². The Morgan fingerprint density at radius 1 is 1.43 bits per heavy atom. The van der Waals surface area contributed by atoms with E-state index in [-0.39, 0.29) is 0 Å². The molecule has 4 rings (SSSR count). The first-order valence-corrected chi connectivity index (χ1v) is 7.36. The van der Waals surface area contributed by atoms with Crippen LogP contribution >= 0.6 is 0 Å². The maximum Gasteiger partial charge on any atom is 0.142 e. The number of fused-ring (bicyclic) bond motifs is 2. The predicted molar refractivity (Wildman–Crippen MR) is 79.7 cm³/mol. The molecule has 3 atom stereocenters. The first kappa shape index (κ1) is 12.6. The highest BCUT2D eigenvalue weighted by molar-refractivity contribution is 5.87. The topological polar surface area (TPSA) is 71.8 Å². The van der Waals surface area contributed by atoms with Crippen LogP contribution in [-0.4, -0.2) is 53.1 Å². The molecule has 2 aliphatic rings. The van der Waals surface area contributed by atoms with Gasteiger partial charge >= 0.3 is 0 Å². The molecule has 6 nitrogen and oxygen atoms in total. The molecule has 2 aromatic rings. The minimum Gasteiger partial charge on any atom is -0.359 e. The number of piperidine rings is 1. The van der Waals surface area contributed by atoms with E-state index in [1.165, 1.54) is 0 Å². The van der Waals surface area contributed by atoms with Crippen LogP contribution in [0.5, 0.6) is 0 Å². The lowest BCUT2D eigenvalue weighted by molar-refractivity contribution is 0.318. The third-order valence-corrected chi connectivity index (χ3v) is 4.92. The number of anilines is 1. The molecule has 1 unspecified atom stereocenters.